The molecule has 5 fully saturated rings. The predicted octanol–water partition coefficient (Wildman–Crippen LogP) is 2.71. The van der Waals surface area contributed by atoms with Crippen molar-refractivity contribution < 1.29 is 4.74 Å². The van der Waals surface area contributed by atoms with Crippen molar-refractivity contribution in [2.24, 2.45) is 28.9 Å². The highest BCUT2D eigenvalue weighted by Crippen LogP contribution is 2.64. The summed E-state index contributed by atoms with van der Waals surface area (Å²) in [5, 5.41) is 0. The lowest BCUT2D eigenvalue weighted by molar-refractivity contribution is -0.123. The van der Waals surface area contributed by atoms with E-state index in [1.54, 1.807) is 0 Å². The van der Waals surface area contributed by atoms with Gasteiger partial charge in [0, 0.05) is 18.8 Å². The van der Waals surface area contributed by atoms with Crippen molar-refractivity contribution in [2.75, 3.05) is 13.2 Å². The molecule has 2 heteroatoms. The first-order chi connectivity index (χ1) is 8.19. The molecule has 0 radical (unpaired) electrons. The van der Waals surface area contributed by atoms with Crippen LogP contribution in [0.4, 0.5) is 0 Å². The fourth-order valence-electron chi connectivity index (χ4n) is 5.99. The van der Waals surface area contributed by atoms with Crippen LogP contribution >= 0.6 is 0 Å². The maximum absolute atomic E-state index is 6.88. The van der Waals surface area contributed by atoms with E-state index in [4.69, 9.17) is 10.5 Å². The molecule has 0 aromatic rings. The van der Waals surface area contributed by atoms with Gasteiger partial charge in [-0.2, -0.15) is 0 Å². The van der Waals surface area contributed by atoms with E-state index >= 15 is 0 Å². The van der Waals surface area contributed by atoms with Crippen LogP contribution in [0.2, 0.25) is 0 Å². The van der Waals surface area contributed by atoms with E-state index in [1.807, 2.05) is 0 Å². The third kappa shape index (κ3) is 1.46. The Kier molecular flexibility index (Phi) is 2.21. The van der Waals surface area contributed by atoms with Gasteiger partial charge < -0.3 is 10.5 Å². The normalized spacial score (nSPS) is 51.7. The van der Waals surface area contributed by atoms with Crippen LogP contribution in [-0.2, 0) is 4.74 Å². The molecular formula is C15H25NO. The Morgan fingerprint density at radius 2 is 1.29 bits per heavy atom. The Bertz CT molecular complexity index is 284. The van der Waals surface area contributed by atoms with E-state index in [1.165, 1.54) is 38.5 Å². The Hall–Kier alpha value is -0.0800. The van der Waals surface area contributed by atoms with Gasteiger partial charge in [0.2, 0.25) is 0 Å². The van der Waals surface area contributed by atoms with E-state index in [2.05, 4.69) is 0 Å². The molecule has 5 aliphatic rings. The van der Waals surface area contributed by atoms with Crippen LogP contribution in [0.25, 0.3) is 0 Å². The Morgan fingerprint density at radius 3 is 1.76 bits per heavy atom. The fraction of sp³-hybridized carbons (Fsp3) is 1.00. The van der Waals surface area contributed by atoms with E-state index in [-0.39, 0.29) is 5.54 Å². The molecule has 96 valence electrons. The number of ether oxygens (including phenoxy) is 1. The van der Waals surface area contributed by atoms with Crippen molar-refractivity contribution in [2.45, 2.75) is 56.9 Å². The zero-order valence-electron chi connectivity index (χ0n) is 10.8. The summed E-state index contributed by atoms with van der Waals surface area (Å²) in [5.41, 5.74) is 7.50. The molecule has 0 aromatic heterocycles. The summed E-state index contributed by atoms with van der Waals surface area (Å²) in [5.74, 6) is 3.05. The summed E-state index contributed by atoms with van der Waals surface area (Å²) in [7, 11) is 0. The van der Waals surface area contributed by atoms with E-state index in [0.717, 1.165) is 43.8 Å². The smallest absolute Gasteiger partial charge is 0.0483 e. The summed E-state index contributed by atoms with van der Waals surface area (Å²) < 4.78 is 5.55. The van der Waals surface area contributed by atoms with Crippen molar-refractivity contribution >= 4 is 0 Å². The number of nitrogens with two attached hydrogens (primary N) is 1. The highest BCUT2D eigenvalue weighted by atomic mass is 16.5. The van der Waals surface area contributed by atoms with Crippen LogP contribution in [0.1, 0.15) is 51.4 Å². The zero-order chi connectivity index (χ0) is 11.5. The van der Waals surface area contributed by atoms with Crippen molar-refractivity contribution in [3.05, 3.63) is 0 Å². The number of hydrogen-bond donors (Lipinski definition) is 1. The molecule has 1 aliphatic heterocycles. The van der Waals surface area contributed by atoms with Gasteiger partial charge in [0.1, 0.15) is 0 Å². The molecule has 0 unspecified atom stereocenters. The average molecular weight is 235 g/mol. The summed E-state index contributed by atoms with van der Waals surface area (Å²) in [6.45, 7) is 1.80. The minimum atomic E-state index is 0.112. The maximum atomic E-state index is 6.88. The van der Waals surface area contributed by atoms with E-state index < -0.39 is 0 Å². The SMILES string of the molecule is NC1(C23CC4CC(CC(C4)C2)C3)CCOCC1. The van der Waals surface area contributed by atoms with Crippen molar-refractivity contribution in [1.82, 2.24) is 0 Å². The van der Waals surface area contributed by atoms with Gasteiger partial charge in [-0.1, -0.05) is 0 Å². The van der Waals surface area contributed by atoms with Gasteiger partial charge in [-0.05, 0) is 74.5 Å². The summed E-state index contributed by atoms with van der Waals surface area (Å²) >= 11 is 0. The molecule has 0 amide bonds. The molecule has 1 heterocycles. The highest BCUT2D eigenvalue weighted by Gasteiger charge is 2.58. The maximum Gasteiger partial charge on any atom is 0.0483 e. The standard InChI is InChI=1S/C15H25NO/c16-15(1-3-17-4-2-15)14-8-11-5-12(9-14)7-13(6-11)10-14/h11-13H,1-10,16H2. The molecule has 4 saturated carbocycles. The average Bonchev–Trinajstić information content (AvgIpc) is 2.28. The summed E-state index contributed by atoms with van der Waals surface area (Å²) in [6, 6.07) is 0. The molecule has 0 aromatic carbocycles. The lowest BCUT2D eigenvalue weighted by Gasteiger charge is -2.63. The molecule has 4 bridgehead atoms. The van der Waals surface area contributed by atoms with Crippen molar-refractivity contribution in [3.8, 4) is 0 Å². The first-order valence-electron chi connectivity index (χ1n) is 7.56. The van der Waals surface area contributed by atoms with Gasteiger partial charge in [0.25, 0.3) is 0 Å². The Balaban J connectivity index is 1.67. The second-order valence-electron chi connectivity index (χ2n) is 7.47. The first-order valence-corrected chi connectivity index (χ1v) is 7.56. The van der Waals surface area contributed by atoms with Crippen molar-refractivity contribution in [3.63, 3.8) is 0 Å². The minimum Gasteiger partial charge on any atom is -0.381 e. The third-order valence-corrected chi connectivity index (χ3v) is 6.48. The molecule has 2 nitrogen and oxygen atoms in total. The molecule has 17 heavy (non-hydrogen) atoms. The highest BCUT2D eigenvalue weighted by molar-refractivity contribution is 5.12. The van der Waals surface area contributed by atoms with Gasteiger partial charge in [0.05, 0.1) is 0 Å². The predicted molar refractivity (Wildman–Crippen MR) is 67.6 cm³/mol. The van der Waals surface area contributed by atoms with Gasteiger partial charge in [-0.15, -0.1) is 0 Å². The lowest BCUT2D eigenvalue weighted by atomic mass is 9.44. The number of rotatable bonds is 1. The third-order valence-electron chi connectivity index (χ3n) is 6.48. The minimum absolute atomic E-state index is 0.112. The molecule has 1 saturated heterocycles. The van der Waals surface area contributed by atoms with E-state index in [0.29, 0.717) is 5.41 Å². The van der Waals surface area contributed by atoms with Crippen LogP contribution in [-0.4, -0.2) is 18.8 Å². The summed E-state index contributed by atoms with van der Waals surface area (Å²) in [4.78, 5) is 0. The van der Waals surface area contributed by atoms with Gasteiger partial charge in [-0.25, -0.2) is 0 Å². The van der Waals surface area contributed by atoms with Crippen LogP contribution in [0.3, 0.4) is 0 Å². The van der Waals surface area contributed by atoms with Gasteiger partial charge >= 0.3 is 0 Å². The second kappa shape index (κ2) is 3.48. The fourth-order valence-corrected chi connectivity index (χ4v) is 5.99. The van der Waals surface area contributed by atoms with Crippen LogP contribution in [0.5, 0.6) is 0 Å². The lowest BCUT2D eigenvalue weighted by Crippen LogP contribution is -2.64. The van der Waals surface area contributed by atoms with Crippen LogP contribution < -0.4 is 5.73 Å². The van der Waals surface area contributed by atoms with Gasteiger partial charge in [-0.3, -0.25) is 0 Å². The molecule has 0 atom stereocenters. The van der Waals surface area contributed by atoms with Gasteiger partial charge in [0.15, 0.2) is 0 Å². The molecular weight excluding hydrogens is 210 g/mol. The zero-order valence-corrected chi connectivity index (χ0v) is 10.8. The molecule has 4 aliphatic carbocycles. The van der Waals surface area contributed by atoms with Crippen LogP contribution in [0.15, 0.2) is 0 Å². The number of hydrogen-bond acceptors (Lipinski definition) is 2. The van der Waals surface area contributed by atoms with E-state index in [9.17, 15) is 0 Å². The quantitative estimate of drug-likeness (QED) is 0.758. The Morgan fingerprint density at radius 1 is 0.824 bits per heavy atom. The van der Waals surface area contributed by atoms with Crippen molar-refractivity contribution in [1.29, 1.82) is 0 Å². The molecule has 5 rings (SSSR count). The second-order valence-corrected chi connectivity index (χ2v) is 7.47. The molecule has 2 N–H and O–H groups in total. The largest absolute Gasteiger partial charge is 0.381 e. The van der Waals surface area contributed by atoms with Crippen LogP contribution in [0, 0.1) is 23.2 Å². The molecule has 0 spiro atoms. The monoisotopic (exact) mass is 235 g/mol. The Labute approximate surface area is 104 Å². The first kappa shape index (κ1) is 10.8. The summed E-state index contributed by atoms with van der Waals surface area (Å²) in [6.07, 6.45) is 11.1. The topological polar surface area (TPSA) is 35.2 Å².